The van der Waals surface area contributed by atoms with Crippen LogP contribution in [0.3, 0.4) is 0 Å². The van der Waals surface area contributed by atoms with Gasteiger partial charge in [0.25, 0.3) is 5.69 Å². The summed E-state index contributed by atoms with van der Waals surface area (Å²) in [6, 6.07) is 25.2. The van der Waals surface area contributed by atoms with Crippen molar-refractivity contribution in [1.82, 2.24) is 4.90 Å². The van der Waals surface area contributed by atoms with Gasteiger partial charge >= 0.3 is 0 Å². The number of rotatable bonds is 6. The molecule has 0 saturated carbocycles. The Labute approximate surface area is 246 Å². The van der Waals surface area contributed by atoms with E-state index < -0.39 is 34.1 Å². The number of nitro benzene ring substituents is 1. The van der Waals surface area contributed by atoms with E-state index in [1.54, 1.807) is 36.5 Å². The monoisotopic (exact) mass is 571 g/mol. The maximum atomic E-state index is 14.8. The number of fused-ring (bicyclic) bond motifs is 6. The molecule has 3 heterocycles. The van der Waals surface area contributed by atoms with Crippen LogP contribution < -0.4 is 10.1 Å². The molecule has 1 saturated heterocycles. The second kappa shape index (κ2) is 9.77. The molecule has 9 heteroatoms. The molecule has 7 rings (SSSR count). The van der Waals surface area contributed by atoms with E-state index in [1.165, 1.54) is 31.4 Å². The van der Waals surface area contributed by atoms with Crippen LogP contribution in [0, 0.1) is 16.0 Å². The van der Waals surface area contributed by atoms with Crippen LogP contribution in [0.15, 0.2) is 103 Å². The lowest BCUT2D eigenvalue weighted by Crippen LogP contribution is -2.49. The molecular formula is C34H25N3O6. The first-order valence-electron chi connectivity index (χ1n) is 13.8. The summed E-state index contributed by atoms with van der Waals surface area (Å²) >= 11 is 0. The largest absolute Gasteiger partial charge is 0.497 e. The standard InChI is InChI=1S/C34H25N3O6/c1-43-24-9-6-8-22(19-24)31(39)29-28(30(38)21-13-15-23(16-14-21)37(41)42)34(26-11-4-5-12-27(26)35-33(34)40)32-25-10-3-2-7-20(25)17-18-36(29)32/h2-19,28-29,32H,1H3,(H,35,40)/t28-,29+,32-,34-/m1/s1. The van der Waals surface area contributed by atoms with E-state index in [2.05, 4.69) is 5.32 Å². The Morgan fingerprint density at radius 2 is 1.65 bits per heavy atom. The van der Waals surface area contributed by atoms with Gasteiger partial charge in [0.1, 0.15) is 17.2 Å². The van der Waals surface area contributed by atoms with Gasteiger partial charge in [-0.3, -0.25) is 24.5 Å². The highest BCUT2D eigenvalue weighted by atomic mass is 16.6. The summed E-state index contributed by atoms with van der Waals surface area (Å²) in [7, 11) is 1.51. The third-order valence-electron chi connectivity index (χ3n) is 8.84. The van der Waals surface area contributed by atoms with Crippen molar-refractivity contribution in [2.45, 2.75) is 17.5 Å². The summed E-state index contributed by atoms with van der Waals surface area (Å²) in [4.78, 5) is 56.6. The molecule has 3 aliphatic heterocycles. The summed E-state index contributed by atoms with van der Waals surface area (Å²) in [6.07, 6.45) is 3.69. The van der Waals surface area contributed by atoms with Crippen molar-refractivity contribution in [2.24, 2.45) is 5.92 Å². The van der Waals surface area contributed by atoms with Gasteiger partial charge in [-0.05, 0) is 53.1 Å². The van der Waals surface area contributed by atoms with Gasteiger partial charge in [0, 0.05) is 35.1 Å². The van der Waals surface area contributed by atoms with E-state index in [1.807, 2.05) is 53.4 Å². The predicted octanol–water partition coefficient (Wildman–Crippen LogP) is 5.59. The Morgan fingerprint density at radius 1 is 0.907 bits per heavy atom. The van der Waals surface area contributed by atoms with E-state index in [9.17, 15) is 24.5 Å². The fourth-order valence-electron chi connectivity index (χ4n) is 7.04. The number of ketones is 2. The Kier molecular flexibility index (Phi) is 5.98. The zero-order chi connectivity index (χ0) is 29.9. The summed E-state index contributed by atoms with van der Waals surface area (Å²) < 4.78 is 5.39. The number of benzene rings is 4. The normalized spacial score (nSPS) is 22.9. The molecule has 1 fully saturated rings. The number of carbonyl (C=O) groups excluding carboxylic acids is 3. The summed E-state index contributed by atoms with van der Waals surface area (Å²) in [6.45, 7) is 0. The predicted molar refractivity (Wildman–Crippen MR) is 159 cm³/mol. The molecule has 4 atom stereocenters. The molecule has 1 spiro atoms. The van der Waals surface area contributed by atoms with E-state index >= 15 is 0 Å². The third kappa shape index (κ3) is 3.74. The SMILES string of the molecule is COc1cccc(C(=O)[C@@H]2[C@H](C(=O)c3ccc([N+](=O)[O-])cc3)[C@@]3(C(=O)Nc4ccccc43)[C@H]3c4ccccc4C=CN23)c1. The number of hydrogen-bond donors (Lipinski definition) is 1. The fourth-order valence-corrected chi connectivity index (χ4v) is 7.04. The number of para-hydroxylation sites is 1. The summed E-state index contributed by atoms with van der Waals surface area (Å²) in [5.41, 5.74) is 1.76. The highest BCUT2D eigenvalue weighted by molar-refractivity contribution is 6.16. The molecule has 1 N–H and O–H groups in total. The smallest absolute Gasteiger partial charge is 0.269 e. The molecule has 9 nitrogen and oxygen atoms in total. The molecule has 43 heavy (non-hydrogen) atoms. The van der Waals surface area contributed by atoms with Gasteiger partial charge in [0.05, 0.1) is 24.0 Å². The Hall–Kier alpha value is -5.57. The van der Waals surface area contributed by atoms with Crippen LogP contribution in [0.25, 0.3) is 6.08 Å². The average Bonchev–Trinajstić information content (AvgIpc) is 3.52. The van der Waals surface area contributed by atoms with Gasteiger partial charge in [-0.1, -0.05) is 54.6 Å². The zero-order valence-electron chi connectivity index (χ0n) is 23.0. The number of amides is 1. The number of nitro groups is 1. The number of ether oxygens (including phenoxy) is 1. The molecule has 0 aromatic heterocycles. The van der Waals surface area contributed by atoms with Crippen molar-refractivity contribution >= 4 is 34.9 Å². The number of methoxy groups -OCH3 is 1. The lowest BCUT2D eigenvalue weighted by molar-refractivity contribution is -0.384. The molecule has 0 radical (unpaired) electrons. The highest BCUT2D eigenvalue weighted by Crippen LogP contribution is 2.62. The molecule has 3 aliphatic rings. The lowest BCUT2D eigenvalue weighted by Gasteiger charge is -2.38. The number of anilines is 1. The molecule has 0 aliphatic carbocycles. The maximum absolute atomic E-state index is 14.8. The van der Waals surface area contributed by atoms with Crippen molar-refractivity contribution < 1.29 is 24.0 Å². The number of non-ortho nitro benzene ring substituents is 1. The number of hydrogen-bond acceptors (Lipinski definition) is 7. The molecule has 212 valence electrons. The molecule has 0 bridgehead atoms. The molecule has 0 unspecified atom stereocenters. The van der Waals surface area contributed by atoms with Gasteiger partial charge in [0.15, 0.2) is 11.6 Å². The van der Waals surface area contributed by atoms with Gasteiger partial charge in [-0.2, -0.15) is 0 Å². The molecule has 4 aromatic rings. The minimum atomic E-state index is -1.49. The van der Waals surface area contributed by atoms with Crippen LogP contribution in [0.1, 0.15) is 43.4 Å². The van der Waals surface area contributed by atoms with Crippen molar-refractivity contribution in [2.75, 3.05) is 12.4 Å². The first-order chi connectivity index (χ1) is 20.9. The Balaban J connectivity index is 1.51. The number of Topliss-reactive ketones (excluding diaryl/α,β-unsaturated/α-hetero) is 2. The average molecular weight is 572 g/mol. The molecular weight excluding hydrogens is 546 g/mol. The van der Waals surface area contributed by atoms with Crippen molar-refractivity contribution in [3.8, 4) is 5.75 Å². The summed E-state index contributed by atoms with van der Waals surface area (Å²) in [5, 5.41) is 14.4. The lowest BCUT2D eigenvalue weighted by atomic mass is 9.62. The molecule has 4 aromatic carbocycles. The molecule has 1 amide bonds. The van der Waals surface area contributed by atoms with Crippen LogP contribution in [-0.2, 0) is 10.2 Å². The first-order valence-corrected chi connectivity index (χ1v) is 13.8. The first kappa shape index (κ1) is 26.3. The second-order valence-electron chi connectivity index (χ2n) is 10.9. The third-order valence-corrected chi connectivity index (χ3v) is 8.84. The minimum Gasteiger partial charge on any atom is -0.497 e. The Morgan fingerprint density at radius 3 is 2.42 bits per heavy atom. The van der Waals surface area contributed by atoms with Crippen molar-refractivity contribution in [1.29, 1.82) is 0 Å². The van der Waals surface area contributed by atoms with Crippen LogP contribution in [0.4, 0.5) is 11.4 Å². The van der Waals surface area contributed by atoms with E-state index in [0.717, 1.165) is 11.1 Å². The van der Waals surface area contributed by atoms with Gasteiger partial charge < -0.3 is 15.0 Å². The van der Waals surface area contributed by atoms with Crippen LogP contribution in [-0.4, -0.2) is 40.4 Å². The van der Waals surface area contributed by atoms with Gasteiger partial charge in [-0.15, -0.1) is 0 Å². The van der Waals surface area contributed by atoms with E-state index in [4.69, 9.17) is 4.74 Å². The maximum Gasteiger partial charge on any atom is 0.269 e. The Bertz CT molecular complexity index is 1870. The number of nitrogens with one attached hydrogen (secondary N) is 1. The zero-order valence-corrected chi connectivity index (χ0v) is 23.0. The van der Waals surface area contributed by atoms with Crippen LogP contribution in [0.2, 0.25) is 0 Å². The van der Waals surface area contributed by atoms with E-state index in [-0.39, 0.29) is 22.9 Å². The van der Waals surface area contributed by atoms with Crippen LogP contribution >= 0.6 is 0 Å². The van der Waals surface area contributed by atoms with Gasteiger partial charge in [0.2, 0.25) is 5.91 Å². The fraction of sp³-hybridized carbons (Fsp3) is 0.147. The number of nitrogens with zero attached hydrogens (tertiary/aromatic N) is 2. The summed E-state index contributed by atoms with van der Waals surface area (Å²) in [5.74, 6) is -1.88. The van der Waals surface area contributed by atoms with E-state index in [0.29, 0.717) is 22.6 Å². The second-order valence-corrected chi connectivity index (χ2v) is 10.9. The highest BCUT2D eigenvalue weighted by Gasteiger charge is 2.70. The topological polar surface area (TPSA) is 119 Å². The van der Waals surface area contributed by atoms with Crippen LogP contribution in [0.5, 0.6) is 5.75 Å². The quantitative estimate of drug-likeness (QED) is 0.182. The van der Waals surface area contributed by atoms with Crippen molar-refractivity contribution in [3.63, 3.8) is 0 Å². The van der Waals surface area contributed by atoms with Crippen molar-refractivity contribution in [3.05, 3.63) is 141 Å². The number of carbonyl (C=O) groups is 3. The minimum absolute atomic E-state index is 0.167. The van der Waals surface area contributed by atoms with Gasteiger partial charge in [-0.25, -0.2) is 0 Å².